The molecule has 56 valence electrons. The maximum atomic E-state index is 9.93. The van der Waals surface area contributed by atoms with Crippen LogP contribution in [-0.4, -0.2) is 34.6 Å². The van der Waals surface area contributed by atoms with Gasteiger partial charge in [-0.15, -0.1) is 0 Å². The second-order valence-electron chi connectivity index (χ2n) is 1.39. The van der Waals surface area contributed by atoms with E-state index in [1.54, 1.807) is 5.32 Å². The number of carbonyl (C=O) groups excluding carboxylic acids is 1. The van der Waals surface area contributed by atoms with E-state index in [0.29, 0.717) is 0 Å². The molecule has 0 unspecified atom stereocenters. The molecule has 1 amide bonds. The molecule has 0 aliphatic carbocycles. The van der Waals surface area contributed by atoms with E-state index in [4.69, 9.17) is 10.2 Å². The predicted octanol–water partition coefficient (Wildman–Crippen LogP) is -1.73. The van der Waals surface area contributed by atoms with Crippen molar-refractivity contribution in [2.24, 2.45) is 0 Å². The molecular weight excluding hydrogens is 142 g/mol. The summed E-state index contributed by atoms with van der Waals surface area (Å²) >= 11 is 0. The van der Waals surface area contributed by atoms with Crippen LogP contribution in [0.4, 0.5) is 0 Å². The third kappa shape index (κ3) is 2.12. The van der Waals surface area contributed by atoms with Crippen molar-refractivity contribution in [3.63, 3.8) is 0 Å². The van der Waals surface area contributed by atoms with Crippen molar-refractivity contribution in [1.29, 1.82) is 0 Å². The fourth-order valence-corrected chi connectivity index (χ4v) is 0.316. The van der Waals surface area contributed by atoms with Gasteiger partial charge in [0, 0.05) is 0 Å². The Morgan fingerprint density at radius 2 is 1.70 bits per heavy atom. The number of rotatable bonds is 4. The minimum Gasteiger partial charge on any atom is -0.479 e. The smallest absolute Gasteiger partial charge is 0.338 e. The highest BCUT2D eigenvalue weighted by molar-refractivity contribution is 5.98. The molecule has 0 aliphatic rings. The zero-order valence-corrected chi connectivity index (χ0v) is 4.77. The quantitative estimate of drug-likeness (QED) is 0.324. The van der Waals surface area contributed by atoms with E-state index in [9.17, 15) is 14.4 Å². The Hall–Kier alpha value is -1.59. The van der Waals surface area contributed by atoms with Crippen LogP contribution >= 0.6 is 0 Å². The number of carboxylic acid groups (broad SMARTS) is 2. The summed E-state index contributed by atoms with van der Waals surface area (Å²) in [4.78, 5) is 29.4. The first-order chi connectivity index (χ1) is 4.59. The summed E-state index contributed by atoms with van der Waals surface area (Å²) < 4.78 is 0. The summed E-state index contributed by atoms with van der Waals surface area (Å²) in [6.07, 6.45) is 0.0207. The van der Waals surface area contributed by atoms with Crippen LogP contribution in [0.15, 0.2) is 0 Å². The van der Waals surface area contributed by atoms with Crippen molar-refractivity contribution in [2.45, 2.75) is 6.04 Å². The number of hydrogen-bond donors (Lipinski definition) is 3. The molecule has 0 aromatic heterocycles. The predicted molar refractivity (Wildman–Crippen MR) is 28.3 cm³/mol. The first kappa shape index (κ1) is 8.41. The molecule has 0 bridgehead atoms. The molecule has 6 heteroatoms. The molecule has 3 N–H and O–H groups in total. The Morgan fingerprint density at radius 1 is 1.30 bits per heavy atom. The third-order valence-electron chi connectivity index (χ3n) is 0.729. The van der Waals surface area contributed by atoms with Gasteiger partial charge in [-0.2, -0.15) is 0 Å². The van der Waals surface area contributed by atoms with Crippen LogP contribution in [-0.2, 0) is 14.4 Å². The summed E-state index contributed by atoms with van der Waals surface area (Å²) in [6, 6.07) is -1.85. The summed E-state index contributed by atoms with van der Waals surface area (Å²) in [5.74, 6) is -3.20. The number of amides is 1. The standard InChI is InChI=1S/C4H5NO5/c6-1-5-2(3(7)8)4(9)10/h1-2H,(H,5,6)(H,7,8)(H,9,10). The Kier molecular flexibility index (Phi) is 2.89. The molecule has 0 rings (SSSR count). The molecular formula is C4H5NO5. The largest absolute Gasteiger partial charge is 0.479 e. The van der Waals surface area contributed by atoms with Gasteiger partial charge in [-0.3, -0.25) is 4.79 Å². The fraction of sp³-hybridized carbons (Fsp3) is 0.250. The van der Waals surface area contributed by atoms with Crippen molar-refractivity contribution in [3.05, 3.63) is 0 Å². The first-order valence-corrected chi connectivity index (χ1v) is 2.25. The van der Waals surface area contributed by atoms with Gasteiger partial charge >= 0.3 is 11.9 Å². The number of carboxylic acids is 2. The van der Waals surface area contributed by atoms with Crippen LogP contribution in [0.5, 0.6) is 0 Å². The van der Waals surface area contributed by atoms with Gasteiger partial charge in [0.2, 0.25) is 12.5 Å². The molecule has 6 nitrogen and oxygen atoms in total. The molecule has 0 fully saturated rings. The van der Waals surface area contributed by atoms with Gasteiger partial charge in [-0.05, 0) is 0 Å². The maximum Gasteiger partial charge on any atom is 0.338 e. The minimum atomic E-state index is -1.85. The molecule has 10 heavy (non-hydrogen) atoms. The number of aliphatic carboxylic acids is 2. The molecule has 0 aromatic carbocycles. The second kappa shape index (κ2) is 3.44. The topological polar surface area (TPSA) is 104 Å². The fourth-order valence-electron chi connectivity index (χ4n) is 0.316. The molecule has 0 saturated heterocycles. The average Bonchev–Trinajstić information content (AvgIpc) is 1.81. The van der Waals surface area contributed by atoms with Crippen LogP contribution in [0.1, 0.15) is 0 Å². The summed E-state index contributed by atoms with van der Waals surface area (Å²) in [5.41, 5.74) is 0. The second-order valence-corrected chi connectivity index (χ2v) is 1.39. The number of hydrogen-bond acceptors (Lipinski definition) is 3. The normalized spacial score (nSPS) is 8.90. The lowest BCUT2D eigenvalue weighted by molar-refractivity contribution is -0.152. The molecule has 0 aromatic rings. The molecule has 0 spiro atoms. The van der Waals surface area contributed by atoms with E-state index < -0.39 is 18.0 Å². The van der Waals surface area contributed by atoms with Gasteiger partial charge in [0.15, 0.2) is 0 Å². The van der Waals surface area contributed by atoms with E-state index >= 15 is 0 Å². The lowest BCUT2D eigenvalue weighted by Gasteiger charge is -2.02. The lowest BCUT2D eigenvalue weighted by atomic mass is 10.3. The van der Waals surface area contributed by atoms with Gasteiger partial charge in [-0.25, -0.2) is 9.59 Å². The Morgan fingerprint density at radius 3 is 1.80 bits per heavy atom. The Labute approximate surface area is 55.5 Å². The Balaban J connectivity index is 4.11. The van der Waals surface area contributed by atoms with Gasteiger partial charge in [-0.1, -0.05) is 0 Å². The summed E-state index contributed by atoms with van der Waals surface area (Å²) in [5, 5.41) is 17.7. The van der Waals surface area contributed by atoms with E-state index in [2.05, 4.69) is 0 Å². The van der Waals surface area contributed by atoms with Gasteiger partial charge in [0.05, 0.1) is 0 Å². The highest BCUT2D eigenvalue weighted by Gasteiger charge is 2.24. The summed E-state index contributed by atoms with van der Waals surface area (Å²) in [6.45, 7) is 0. The van der Waals surface area contributed by atoms with E-state index in [1.165, 1.54) is 0 Å². The Bertz CT molecular complexity index is 151. The van der Waals surface area contributed by atoms with Crippen molar-refractivity contribution < 1.29 is 24.6 Å². The van der Waals surface area contributed by atoms with Gasteiger partial charge in [0.1, 0.15) is 0 Å². The van der Waals surface area contributed by atoms with Crippen LogP contribution in [0, 0.1) is 0 Å². The maximum absolute atomic E-state index is 9.93. The van der Waals surface area contributed by atoms with Crippen molar-refractivity contribution >= 4 is 18.3 Å². The third-order valence-corrected chi connectivity index (χ3v) is 0.729. The van der Waals surface area contributed by atoms with Gasteiger partial charge < -0.3 is 15.5 Å². The number of nitrogens with one attached hydrogen (secondary N) is 1. The first-order valence-electron chi connectivity index (χ1n) is 2.25. The van der Waals surface area contributed by atoms with E-state index in [1.807, 2.05) is 0 Å². The zero-order valence-electron chi connectivity index (χ0n) is 4.77. The van der Waals surface area contributed by atoms with Crippen LogP contribution in [0.2, 0.25) is 0 Å². The number of carbonyl (C=O) groups is 3. The molecule has 0 atom stereocenters. The van der Waals surface area contributed by atoms with Crippen molar-refractivity contribution in [2.75, 3.05) is 0 Å². The summed E-state index contributed by atoms with van der Waals surface area (Å²) in [7, 11) is 0. The molecule has 0 aliphatic heterocycles. The minimum absolute atomic E-state index is 0.0207. The molecule has 0 saturated carbocycles. The van der Waals surface area contributed by atoms with E-state index in [-0.39, 0.29) is 6.41 Å². The lowest BCUT2D eigenvalue weighted by Crippen LogP contribution is -2.42. The molecule has 0 radical (unpaired) electrons. The van der Waals surface area contributed by atoms with Crippen LogP contribution < -0.4 is 5.32 Å². The van der Waals surface area contributed by atoms with Crippen molar-refractivity contribution in [3.8, 4) is 0 Å². The highest BCUT2D eigenvalue weighted by Crippen LogP contribution is 1.80. The highest BCUT2D eigenvalue weighted by atomic mass is 16.4. The molecule has 0 heterocycles. The SMILES string of the molecule is O=CNC(C(=O)O)C(=O)O. The van der Waals surface area contributed by atoms with E-state index in [0.717, 1.165) is 0 Å². The average molecular weight is 147 g/mol. The van der Waals surface area contributed by atoms with Crippen molar-refractivity contribution in [1.82, 2.24) is 5.32 Å². The van der Waals surface area contributed by atoms with Crippen LogP contribution in [0.25, 0.3) is 0 Å². The zero-order chi connectivity index (χ0) is 8.15. The van der Waals surface area contributed by atoms with Crippen LogP contribution in [0.3, 0.4) is 0 Å². The van der Waals surface area contributed by atoms with Gasteiger partial charge in [0.25, 0.3) is 0 Å². The monoisotopic (exact) mass is 147 g/mol.